The zero-order chi connectivity index (χ0) is 15.6. The Labute approximate surface area is 121 Å². The predicted octanol–water partition coefficient (Wildman–Crippen LogP) is 2.53. The van der Waals surface area contributed by atoms with Crippen LogP contribution in [0.4, 0.5) is 14.5 Å². The molecule has 21 heavy (non-hydrogen) atoms. The molecular weight excluding hydrogens is 300 g/mol. The molecule has 112 valence electrons. The van der Waals surface area contributed by atoms with Crippen LogP contribution < -0.4 is 10.5 Å². The first kappa shape index (κ1) is 15.2. The summed E-state index contributed by atoms with van der Waals surface area (Å²) in [5.74, 6) is -1.97. The molecule has 0 heterocycles. The molecule has 2 rings (SSSR count). The van der Waals surface area contributed by atoms with Crippen LogP contribution in [0.1, 0.15) is 5.56 Å². The van der Waals surface area contributed by atoms with Gasteiger partial charge in [0, 0.05) is 6.07 Å². The van der Waals surface area contributed by atoms with Crippen LogP contribution in [0.15, 0.2) is 41.3 Å². The lowest BCUT2D eigenvalue weighted by molar-refractivity contribution is 0.417. The number of halogens is 2. The predicted molar refractivity (Wildman–Crippen MR) is 74.7 cm³/mol. The van der Waals surface area contributed by atoms with Gasteiger partial charge in [0.2, 0.25) is 0 Å². The van der Waals surface area contributed by atoms with E-state index in [1.165, 1.54) is 25.3 Å². The molecule has 0 radical (unpaired) electrons. The summed E-state index contributed by atoms with van der Waals surface area (Å²) in [7, 11) is -2.49. The van der Waals surface area contributed by atoms with Gasteiger partial charge in [-0.05, 0) is 29.8 Å². The van der Waals surface area contributed by atoms with Crippen LogP contribution >= 0.6 is 0 Å². The lowest BCUT2D eigenvalue weighted by Gasteiger charge is -2.09. The van der Waals surface area contributed by atoms with E-state index in [2.05, 4.69) is 0 Å². The van der Waals surface area contributed by atoms with E-state index in [1.807, 2.05) is 0 Å². The van der Waals surface area contributed by atoms with E-state index < -0.39 is 32.1 Å². The van der Waals surface area contributed by atoms with Gasteiger partial charge >= 0.3 is 0 Å². The second kappa shape index (κ2) is 5.69. The molecule has 0 atom stereocenters. The third-order valence-corrected chi connectivity index (χ3v) is 4.59. The van der Waals surface area contributed by atoms with E-state index in [0.29, 0.717) is 17.4 Å². The summed E-state index contributed by atoms with van der Waals surface area (Å²) in [6.45, 7) is 0. The Morgan fingerprint density at radius 2 is 1.86 bits per heavy atom. The number of benzene rings is 2. The lowest BCUT2D eigenvalue weighted by atomic mass is 10.2. The minimum absolute atomic E-state index is 0.282. The van der Waals surface area contributed by atoms with Crippen LogP contribution in [0.3, 0.4) is 0 Å². The fourth-order valence-electron chi connectivity index (χ4n) is 1.90. The molecule has 0 saturated carbocycles. The Hall–Kier alpha value is -2.15. The molecule has 0 aliphatic rings. The van der Waals surface area contributed by atoms with Crippen molar-refractivity contribution < 1.29 is 21.9 Å². The second-order valence-electron chi connectivity index (χ2n) is 4.41. The highest BCUT2D eigenvalue weighted by atomic mass is 32.2. The van der Waals surface area contributed by atoms with E-state index in [1.54, 1.807) is 0 Å². The number of rotatable bonds is 4. The lowest BCUT2D eigenvalue weighted by Crippen LogP contribution is -2.08. The van der Waals surface area contributed by atoms with Gasteiger partial charge in [-0.15, -0.1) is 0 Å². The van der Waals surface area contributed by atoms with Crippen LogP contribution in [-0.2, 0) is 15.6 Å². The van der Waals surface area contributed by atoms with Crippen molar-refractivity contribution in [3.05, 3.63) is 53.6 Å². The molecule has 2 aromatic rings. The number of hydrogen-bond acceptors (Lipinski definition) is 4. The molecule has 0 aliphatic carbocycles. The van der Waals surface area contributed by atoms with Crippen LogP contribution in [-0.4, -0.2) is 15.5 Å². The number of hydrogen-bond donors (Lipinski definition) is 1. The van der Waals surface area contributed by atoms with Gasteiger partial charge < -0.3 is 10.5 Å². The van der Waals surface area contributed by atoms with Crippen molar-refractivity contribution >= 4 is 15.5 Å². The normalized spacial score (nSPS) is 11.4. The van der Waals surface area contributed by atoms with Crippen LogP contribution in [0.25, 0.3) is 0 Å². The zero-order valence-electron chi connectivity index (χ0n) is 11.1. The molecule has 0 amide bonds. The number of anilines is 1. The van der Waals surface area contributed by atoms with Gasteiger partial charge in [0.25, 0.3) is 0 Å². The van der Waals surface area contributed by atoms with Crippen LogP contribution in [0.2, 0.25) is 0 Å². The number of methoxy groups -OCH3 is 1. The van der Waals surface area contributed by atoms with Gasteiger partial charge in [-0.25, -0.2) is 17.2 Å². The largest absolute Gasteiger partial charge is 0.495 e. The number of nitrogen functional groups attached to an aromatic ring is 1. The van der Waals surface area contributed by atoms with Crippen LogP contribution in [0, 0.1) is 11.6 Å². The average molecular weight is 313 g/mol. The van der Waals surface area contributed by atoms with Gasteiger partial charge in [0.15, 0.2) is 9.84 Å². The van der Waals surface area contributed by atoms with Crippen molar-refractivity contribution in [2.24, 2.45) is 0 Å². The van der Waals surface area contributed by atoms with Crippen LogP contribution in [0.5, 0.6) is 5.75 Å². The average Bonchev–Trinajstić information content (AvgIpc) is 2.37. The minimum atomic E-state index is -3.94. The molecule has 2 N–H and O–H groups in total. The first-order valence-electron chi connectivity index (χ1n) is 5.93. The van der Waals surface area contributed by atoms with Crippen molar-refractivity contribution in [2.45, 2.75) is 10.6 Å². The molecule has 0 aromatic heterocycles. The second-order valence-corrected chi connectivity index (χ2v) is 6.37. The van der Waals surface area contributed by atoms with E-state index in [0.717, 1.165) is 12.1 Å². The van der Waals surface area contributed by atoms with Crippen molar-refractivity contribution in [3.63, 3.8) is 0 Å². The molecule has 0 fully saturated rings. The molecule has 4 nitrogen and oxygen atoms in total. The quantitative estimate of drug-likeness (QED) is 0.695. The van der Waals surface area contributed by atoms with Crippen molar-refractivity contribution in [2.75, 3.05) is 12.8 Å². The van der Waals surface area contributed by atoms with E-state index >= 15 is 0 Å². The van der Waals surface area contributed by atoms with Gasteiger partial charge in [0.1, 0.15) is 22.3 Å². The van der Waals surface area contributed by atoms with Crippen molar-refractivity contribution in [1.82, 2.24) is 0 Å². The standard InChI is InChI=1S/C14H13F2NO3S/c1-20-13-4-2-9(6-12(13)17)8-21(18,19)14-5-3-10(15)7-11(14)16/h2-7H,8,17H2,1H3. The maximum atomic E-state index is 13.6. The minimum Gasteiger partial charge on any atom is -0.495 e. The summed E-state index contributed by atoms with van der Waals surface area (Å²) in [6, 6.07) is 6.84. The SMILES string of the molecule is COc1ccc(CS(=O)(=O)c2ccc(F)cc2F)cc1N. The topological polar surface area (TPSA) is 69.4 Å². The Bertz CT molecular complexity index is 776. The molecule has 0 spiro atoms. The molecule has 0 saturated heterocycles. The summed E-state index contributed by atoms with van der Waals surface area (Å²) < 4.78 is 55.7. The van der Waals surface area contributed by atoms with Gasteiger partial charge in [0.05, 0.1) is 18.6 Å². The summed E-state index contributed by atoms with van der Waals surface area (Å²) in [5, 5.41) is 0. The molecule has 0 aliphatic heterocycles. The molecule has 0 unspecified atom stereocenters. The maximum Gasteiger partial charge on any atom is 0.185 e. The summed E-state index contributed by atoms with van der Waals surface area (Å²) in [4.78, 5) is -0.543. The Balaban J connectivity index is 2.35. The summed E-state index contributed by atoms with van der Waals surface area (Å²) >= 11 is 0. The smallest absolute Gasteiger partial charge is 0.185 e. The zero-order valence-corrected chi connectivity index (χ0v) is 12.0. The molecular formula is C14H13F2NO3S. The molecule has 7 heteroatoms. The van der Waals surface area contributed by atoms with Gasteiger partial charge in [-0.3, -0.25) is 0 Å². The Morgan fingerprint density at radius 3 is 2.43 bits per heavy atom. The Kier molecular flexibility index (Phi) is 4.13. The molecule has 2 aromatic carbocycles. The highest BCUT2D eigenvalue weighted by Gasteiger charge is 2.20. The maximum absolute atomic E-state index is 13.6. The van der Waals surface area contributed by atoms with Crippen molar-refractivity contribution in [1.29, 1.82) is 0 Å². The molecule has 0 bridgehead atoms. The highest BCUT2D eigenvalue weighted by Crippen LogP contribution is 2.25. The first-order valence-corrected chi connectivity index (χ1v) is 7.59. The number of nitrogens with two attached hydrogens (primary N) is 1. The Morgan fingerprint density at radius 1 is 1.14 bits per heavy atom. The fraction of sp³-hybridized carbons (Fsp3) is 0.143. The van der Waals surface area contributed by atoms with Gasteiger partial charge in [-0.1, -0.05) is 6.07 Å². The first-order chi connectivity index (χ1) is 9.83. The number of sulfone groups is 1. The summed E-state index contributed by atoms with van der Waals surface area (Å²) in [6.07, 6.45) is 0. The monoisotopic (exact) mass is 313 g/mol. The third-order valence-electron chi connectivity index (χ3n) is 2.88. The third kappa shape index (κ3) is 3.30. The van der Waals surface area contributed by atoms with E-state index in [4.69, 9.17) is 10.5 Å². The van der Waals surface area contributed by atoms with E-state index in [9.17, 15) is 17.2 Å². The highest BCUT2D eigenvalue weighted by molar-refractivity contribution is 7.90. The van der Waals surface area contributed by atoms with Crippen molar-refractivity contribution in [3.8, 4) is 5.75 Å². The van der Waals surface area contributed by atoms with Gasteiger partial charge in [-0.2, -0.15) is 0 Å². The summed E-state index contributed by atoms with van der Waals surface area (Å²) in [5.41, 5.74) is 6.36. The van der Waals surface area contributed by atoms with E-state index in [-0.39, 0.29) is 5.69 Å². The number of ether oxygens (including phenoxy) is 1. The fourth-order valence-corrected chi connectivity index (χ4v) is 3.30.